The number of anilines is 2. The van der Waals surface area contributed by atoms with Crippen molar-refractivity contribution >= 4 is 28.7 Å². The zero-order chi connectivity index (χ0) is 26.1. The molecule has 0 saturated carbocycles. The van der Waals surface area contributed by atoms with E-state index in [4.69, 9.17) is 12.2 Å². The summed E-state index contributed by atoms with van der Waals surface area (Å²) >= 11 is 5.84. The van der Waals surface area contributed by atoms with Gasteiger partial charge in [0.15, 0.2) is 5.11 Å². The molecule has 0 radical (unpaired) electrons. The van der Waals surface area contributed by atoms with E-state index in [2.05, 4.69) is 77.8 Å². The van der Waals surface area contributed by atoms with Crippen molar-refractivity contribution in [1.29, 1.82) is 0 Å². The van der Waals surface area contributed by atoms with Crippen LogP contribution in [0.3, 0.4) is 0 Å². The van der Waals surface area contributed by atoms with Gasteiger partial charge in [-0.1, -0.05) is 18.2 Å². The molecule has 4 aromatic rings. The van der Waals surface area contributed by atoms with Gasteiger partial charge >= 0.3 is 0 Å². The maximum Gasteiger partial charge on any atom is 0.174 e. The first-order chi connectivity index (χ1) is 17.9. The number of aromatic nitrogens is 2. The highest BCUT2D eigenvalue weighted by molar-refractivity contribution is 7.80. The highest BCUT2D eigenvalue weighted by Gasteiger charge is 2.43. The molecule has 5 rings (SSSR count). The standard InChI is InChI=1S/C30H33N5OS/c1-5-33(6-2)22-14-16-23(17-15-22)34-20(3)19-24(21(34)4)29-28(25-11-9-10-18-31-25)32-30(37)35(29)26-12-7-8-13-27(26)36/h7-19,28-29,36H,5-6H2,1-4H3,(H,32,37)/t28-,29-/m1/s1. The van der Waals surface area contributed by atoms with E-state index in [0.717, 1.165) is 41.4 Å². The van der Waals surface area contributed by atoms with Crippen molar-refractivity contribution in [2.24, 2.45) is 0 Å². The minimum Gasteiger partial charge on any atom is -0.506 e. The van der Waals surface area contributed by atoms with Crippen LogP contribution in [0, 0.1) is 13.8 Å². The summed E-state index contributed by atoms with van der Waals surface area (Å²) in [5.41, 5.74) is 7.33. The van der Waals surface area contributed by atoms with Gasteiger partial charge in [0.25, 0.3) is 0 Å². The Labute approximate surface area is 224 Å². The Morgan fingerprint density at radius 1 is 0.973 bits per heavy atom. The molecule has 3 heterocycles. The Kier molecular flexibility index (Phi) is 6.89. The largest absolute Gasteiger partial charge is 0.506 e. The molecule has 6 nitrogen and oxygen atoms in total. The summed E-state index contributed by atoms with van der Waals surface area (Å²) in [6.45, 7) is 10.6. The fourth-order valence-corrected chi connectivity index (χ4v) is 5.82. The van der Waals surface area contributed by atoms with Gasteiger partial charge in [-0.25, -0.2) is 0 Å². The van der Waals surface area contributed by atoms with Crippen LogP contribution in [0.25, 0.3) is 5.69 Å². The molecule has 1 fully saturated rings. The minimum atomic E-state index is -0.189. The molecule has 1 saturated heterocycles. The van der Waals surface area contributed by atoms with Gasteiger partial charge in [-0.2, -0.15) is 0 Å². The third-order valence-electron chi connectivity index (χ3n) is 7.26. The summed E-state index contributed by atoms with van der Waals surface area (Å²) < 4.78 is 2.29. The van der Waals surface area contributed by atoms with E-state index in [9.17, 15) is 5.11 Å². The molecule has 1 aliphatic rings. The molecule has 0 aliphatic carbocycles. The van der Waals surface area contributed by atoms with Gasteiger partial charge in [0.1, 0.15) is 5.75 Å². The molecule has 2 aromatic heterocycles. The molecule has 7 heteroatoms. The second kappa shape index (κ2) is 10.3. The van der Waals surface area contributed by atoms with E-state index >= 15 is 0 Å². The van der Waals surface area contributed by atoms with E-state index < -0.39 is 0 Å². The normalized spacial score (nSPS) is 17.2. The average Bonchev–Trinajstić information content (AvgIpc) is 3.41. The Hall–Kier alpha value is -3.84. The first-order valence-corrected chi connectivity index (χ1v) is 13.2. The number of benzene rings is 2. The molecule has 190 valence electrons. The third kappa shape index (κ3) is 4.44. The van der Waals surface area contributed by atoms with Crippen LogP contribution in [0.2, 0.25) is 0 Å². The second-order valence-corrected chi connectivity index (χ2v) is 9.72. The predicted octanol–water partition coefficient (Wildman–Crippen LogP) is 6.22. The lowest BCUT2D eigenvalue weighted by Gasteiger charge is -2.28. The van der Waals surface area contributed by atoms with Crippen molar-refractivity contribution in [3.8, 4) is 11.4 Å². The fourth-order valence-electron chi connectivity index (χ4n) is 5.48. The molecule has 0 spiro atoms. The average molecular weight is 512 g/mol. The Morgan fingerprint density at radius 3 is 2.32 bits per heavy atom. The van der Waals surface area contributed by atoms with Gasteiger partial charge in [-0.05, 0) is 100 Å². The van der Waals surface area contributed by atoms with Crippen LogP contribution in [0.5, 0.6) is 5.75 Å². The van der Waals surface area contributed by atoms with Gasteiger partial charge in [0.2, 0.25) is 0 Å². The number of hydrogen-bond acceptors (Lipinski definition) is 4. The smallest absolute Gasteiger partial charge is 0.174 e. The van der Waals surface area contributed by atoms with Crippen molar-refractivity contribution in [1.82, 2.24) is 14.9 Å². The molecule has 2 atom stereocenters. The van der Waals surface area contributed by atoms with Gasteiger partial charge in [-0.15, -0.1) is 0 Å². The lowest BCUT2D eigenvalue weighted by molar-refractivity contribution is 0.472. The SMILES string of the molecule is CCN(CC)c1ccc(-n2c(C)cc([C@@H]3[C@@H](c4ccccn4)NC(=S)N3c3ccccc3O)c2C)cc1. The van der Waals surface area contributed by atoms with Crippen molar-refractivity contribution in [2.75, 3.05) is 22.9 Å². The molecule has 1 aliphatic heterocycles. The zero-order valence-corrected chi connectivity index (χ0v) is 22.5. The summed E-state index contributed by atoms with van der Waals surface area (Å²) in [4.78, 5) is 9.03. The first kappa shape index (κ1) is 24.8. The molecule has 0 amide bonds. The van der Waals surface area contributed by atoms with Gasteiger partial charge in [0.05, 0.1) is 23.5 Å². The molecule has 2 aromatic carbocycles. The highest BCUT2D eigenvalue weighted by Crippen LogP contribution is 2.45. The number of aromatic hydroxyl groups is 1. The third-order valence-corrected chi connectivity index (χ3v) is 7.58. The number of phenolic OH excluding ortho intramolecular Hbond substituents is 1. The number of phenols is 1. The second-order valence-electron chi connectivity index (χ2n) is 9.34. The molecule has 37 heavy (non-hydrogen) atoms. The summed E-state index contributed by atoms with van der Waals surface area (Å²) in [5.74, 6) is 0.194. The van der Waals surface area contributed by atoms with E-state index in [0.29, 0.717) is 10.8 Å². The van der Waals surface area contributed by atoms with Crippen molar-refractivity contribution in [3.05, 3.63) is 102 Å². The van der Waals surface area contributed by atoms with Crippen LogP contribution >= 0.6 is 12.2 Å². The Bertz CT molecular complexity index is 1400. The number of thiocarbonyl (C=S) groups is 1. The van der Waals surface area contributed by atoms with Crippen LogP contribution in [0.15, 0.2) is 79.0 Å². The van der Waals surface area contributed by atoms with E-state index in [-0.39, 0.29) is 17.8 Å². The van der Waals surface area contributed by atoms with Crippen LogP contribution in [-0.2, 0) is 0 Å². The van der Waals surface area contributed by atoms with E-state index in [1.54, 1.807) is 12.3 Å². The van der Waals surface area contributed by atoms with Crippen LogP contribution < -0.4 is 15.1 Å². The van der Waals surface area contributed by atoms with E-state index in [1.807, 2.05) is 41.3 Å². The predicted molar refractivity (Wildman–Crippen MR) is 155 cm³/mol. The summed E-state index contributed by atoms with van der Waals surface area (Å²) in [7, 11) is 0. The molecule has 0 unspecified atom stereocenters. The lowest BCUT2D eigenvalue weighted by atomic mass is 9.96. The van der Waals surface area contributed by atoms with Crippen LogP contribution in [0.1, 0.15) is 48.6 Å². The summed E-state index contributed by atoms with van der Waals surface area (Å²) in [6, 6.07) is 23.9. The molecular weight excluding hydrogens is 478 g/mol. The maximum atomic E-state index is 10.8. The number of aryl methyl sites for hydroxylation is 1. The lowest BCUT2D eigenvalue weighted by Crippen LogP contribution is -2.29. The van der Waals surface area contributed by atoms with Crippen molar-refractivity contribution < 1.29 is 5.11 Å². The molecule has 0 bridgehead atoms. The van der Waals surface area contributed by atoms with Crippen molar-refractivity contribution in [2.45, 2.75) is 39.8 Å². The minimum absolute atomic E-state index is 0.174. The monoisotopic (exact) mass is 511 g/mol. The number of rotatable bonds is 7. The van der Waals surface area contributed by atoms with Gasteiger partial charge in [-0.3, -0.25) is 4.98 Å². The maximum absolute atomic E-state index is 10.8. The number of nitrogens with one attached hydrogen (secondary N) is 1. The van der Waals surface area contributed by atoms with Crippen LogP contribution in [0.4, 0.5) is 11.4 Å². The Balaban J connectivity index is 1.62. The van der Waals surface area contributed by atoms with E-state index in [1.165, 1.54) is 5.69 Å². The summed E-state index contributed by atoms with van der Waals surface area (Å²) in [6.07, 6.45) is 1.81. The number of pyridine rings is 1. The summed E-state index contributed by atoms with van der Waals surface area (Å²) in [5, 5.41) is 14.8. The zero-order valence-electron chi connectivity index (χ0n) is 21.7. The van der Waals surface area contributed by atoms with Crippen molar-refractivity contribution in [3.63, 3.8) is 0 Å². The Morgan fingerprint density at radius 2 is 1.68 bits per heavy atom. The quantitative estimate of drug-likeness (QED) is 0.287. The fraction of sp³-hybridized carbons (Fsp3) is 0.267. The molecule has 2 N–H and O–H groups in total. The van der Waals surface area contributed by atoms with Crippen LogP contribution in [-0.4, -0.2) is 32.9 Å². The van der Waals surface area contributed by atoms with Gasteiger partial charge < -0.3 is 24.8 Å². The number of para-hydroxylation sites is 2. The van der Waals surface area contributed by atoms with Gasteiger partial charge in [0, 0.05) is 42.0 Å². The first-order valence-electron chi connectivity index (χ1n) is 12.8. The topological polar surface area (TPSA) is 56.6 Å². The highest BCUT2D eigenvalue weighted by atomic mass is 32.1. The number of nitrogens with zero attached hydrogens (tertiary/aromatic N) is 4. The number of hydrogen-bond donors (Lipinski definition) is 2. The molecular formula is C30H33N5OS.